The van der Waals surface area contributed by atoms with Crippen molar-refractivity contribution in [3.8, 4) is 0 Å². The second-order valence-electron chi connectivity index (χ2n) is 7.08. The Hall–Kier alpha value is -2.56. The molecule has 0 saturated carbocycles. The van der Waals surface area contributed by atoms with E-state index in [4.69, 9.17) is 4.74 Å². The molecule has 146 valence electrons. The van der Waals surface area contributed by atoms with Crippen LogP contribution in [-0.2, 0) is 4.74 Å². The molecular formula is C22H31N3O2. The van der Waals surface area contributed by atoms with Crippen molar-refractivity contribution >= 4 is 23.2 Å². The summed E-state index contributed by atoms with van der Waals surface area (Å²) in [5, 5.41) is 6.88. The zero-order valence-electron chi connectivity index (χ0n) is 17.5. The van der Waals surface area contributed by atoms with Crippen molar-refractivity contribution in [2.45, 2.75) is 60.4 Å². The third-order valence-electron chi connectivity index (χ3n) is 4.80. The summed E-state index contributed by atoms with van der Waals surface area (Å²) in [6, 6.07) is 6.43. The summed E-state index contributed by atoms with van der Waals surface area (Å²) in [5.41, 5.74) is 6.43. The van der Waals surface area contributed by atoms with E-state index in [-0.39, 0.29) is 6.04 Å². The van der Waals surface area contributed by atoms with Crippen LogP contribution >= 0.6 is 0 Å². The van der Waals surface area contributed by atoms with E-state index in [1.165, 1.54) is 12.7 Å². The predicted molar refractivity (Wildman–Crippen MR) is 112 cm³/mol. The lowest BCUT2D eigenvalue weighted by Crippen LogP contribution is -2.21. The van der Waals surface area contributed by atoms with Gasteiger partial charge in [0.1, 0.15) is 11.4 Å². The van der Waals surface area contributed by atoms with Crippen LogP contribution in [0.3, 0.4) is 0 Å². The number of aryl methyl sites for hydroxylation is 4. The van der Waals surface area contributed by atoms with E-state index >= 15 is 0 Å². The first kappa shape index (κ1) is 20.7. The molecular weight excluding hydrogens is 338 g/mol. The van der Waals surface area contributed by atoms with E-state index in [1.54, 1.807) is 0 Å². The van der Waals surface area contributed by atoms with E-state index in [2.05, 4.69) is 62.4 Å². The Balaban J connectivity index is 2.58. The molecule has 1 aromatic heterocycles. The molecule has 0 unspecified atom stereocenters. The van der Waals surface area contributed by atoms with Gasteiger partial charge in [0.2, 0.25) is 0 Å². The molecule has 0 radical (unpaired) electrons. The monoisotopic (exact) mass is 369 g/mol. The fourth-order valence-electron chi connectivity index (χ4n) is 3.39. The smallest absolute Gasteiger partial charge is 0.343 e. The molecule has 0 aliphatic carbocycles. The number of methoxy groups -OCH3 is 1. The van der Waals surface area contributed by atoms with Gasteiger partial charge in [0.05, 0.1) is 12.8 Å². The Morgan fingerprint density at radius 1 is 1.07 bits per heavy atom. The Bertz CT molecular complexity index is 804. The van der Waals surface area contributed by atoms with Gasteiger partial charge in [-0.2, -0.15) is 0 Å². The van der Waals surface area contributed by atoms with Gasteiger partial charge in [-0.1, -0.05) is 31.5 Å². The molecule has 0 atom stereocenters. The number of ether oxygens (including phenoxy) is 1. The van der Waals surface area contributed by atoms with Crippen LogP contribution in [0, 0.1) is 27.7 Å². The van der Waals surface area contributed by atoms with Gasteiger partial charge in [-0.15, -0.1) is 0 Å². The second kappa shape index (κ2) is 8.89. The zero-order valence-corrected chi connectivity index (χ0v) is 17.5. The fraction of sp³-hybridized carbons (Fsp3) is 0.455. The van der Waals surface area contributed by atoms with Gasteiger partial charge >= 0.3 is 5.97 Å². The molecule has 0 aliphatic rings. The summed E-state index contributed by atoms with van der Waals surface area (Å²) in [6.45, 7) is 12.4. The van der Waals surface area contributed by atoms with Crippen LogP contribution in [0.5, 0.6) is 0 Å². The maximum Gasteiger partial charge on any atom is 0.343 e. The molecule has 0 spiro atoms. The topological polar surface area (TPSA) is 63.2 Å². The van der Waals surface area contributed by atoms with Crippen LogP contribution < -0.4 is 10.6 Å². The summed E-state index contributed by atoms with van der Waals surface area (Å²) in [4.78, 5) is 17.2. The van der Waals surface area contributed by atoms with Crippen LogP contribution in [0.15, 0.2) is 18.2 Å². The molecule has 2 aromatic rings. The average Bonchev–Trinajstić information content (AvgIpc) is 2.61. The largest absolute Gasteiger partial charge is 0.465 e. The van der Waals surface area contributed by atoms with Crippen LogP contribution in [-0.4, -0.2) is 24.1 Å². The van der Waals surface area contributed by atoms with E-state index < -0.39 is 5.97 Å². The molecule has 0 aliphatic heterocycles. The van der Waals surface area contributed by atoms with Crippen LogP contribution in [0.4, 0.5) is 17.2 Å². The highest BCUT2D eigenvalue weighted by atomic mass is 16.5. The molecule has 0 amide bonds. The van der Waals surface area contributed by atoms with Gasteiger partial charge in [0, 0.05) is 17.4 Å². The first-order valence-electron chi connectivity index (χ1n) is 9.52. The van der Waals surface area contributed by atoms with Gasteiger partial charge in [-0.25, -0.2) is 9.78 Å². The average molecular weight is 370 g/mol. The van der Waals surface area contributed by atoms with Crippen LogP contribution in [0.1, 0.15) is 59.4 Å². The number of anilines is 3. The lowest BCUT2D eigenvalue weighted by Gasteiger charge is -2.22. The number of nitrogens with zero attached hydrogens (tertiary/aromatic N) is 1. The first-order valence-corrected chi connectivity index (χ1v) is 9.52. The predicted octanol–water partition coefficient (Wildman–Crippen LogP) is 5.45. The highest BCUT2D eigenvalue weighted by Gasteiger charge is 2.22. The minimum atomic E-state index is -0.402. The summed E-state index contributed by atoms with van der Waals surface area (Å²) in [6.07, 6.45) is 1.94. The number of hydrogen-bond acceptors (Lipinski definition) is 5. The number of pyridine rings is 1. The zero-order chi connectivity index (χ0) is 20.1. The molecule has 2 N–H and O–H groups in total. The van der Waals surface area contributed by atoms with Gasteiger partial charge in [-0.05, 0) is 57.7 Å². The number of nitrogens with one attached hydrogen (secondary N) is 2. The molecule has 5 heteroatoms. The third kappa shape index (κ3) is 4.79. The van der Waals surface area contributed by atoms with Crippen molar-refractivity contribution in [2.75, 3.05) is 17.7 Å². The minimum absolute atomic E-state index is 0.283. The lowest BCUT2D eigenvalue weighted by atomic mass is 10.0. The van der Waals surface area contributed by atoms with Crippen molar-refractivity contribution in [2.24, 2.45) is 0 Å². The van der Waals surface area contributed by atoms with E-state index in [1.807, 2.05) is 13.0 Å². The normalized spacial score (nSPS) is 10.8. The van der Waals surface area contributed by atoms with Gasteiger partial charge < -0.3 is 15.4 Å². The minimum Gasteiger partial charge on any atom is -0.465 e. The molecule has 0 fully saturated rings. The second-order valence-corrected chi connectivity index (χ2v) is 7.08. The summed E-state index contributed by atoms with van der Waals surface area (Å²) < 4.78 is 5.06. The maximum absolute atomic E-state index is 12.6. The Morgan fingerprint density at radius 2 is 1.67 bits per heavy atom. The molecule has 2 rings (SSSR count). The highest BCUT2D eigenvalue weighted by molar-refractivity contribution is 6.01. The Kier molecular flexibility index (Phi) is 6.83. The van der Waals surface area contributed by atoms with Crippen molar-refractivity contribution in [1.82, 2.24) is 4.98 Å². The first-order chi connectivity index (χ1) is 12.8. The van der Waals surface area contributed by atoms with Crippen molar-refractivity contribution < 1.29 is 9.53 Å². The number of carbonyl (C=O) groups is 1. The number of rotatable bonds is 7. The number of hydrogen-bond donors (Lipinski definition) is 2. The van der Waals surface area contributed by atoms with Gasteiger partial charge in [0.15, 0.2) is 0 Å². The number of carbonyl (C=O) groups excluding carboxylic acids is 1. The third-order valence-corrected chi connectivity index (χ3v) is 4.80. The Labute approximate surface area is 162 Å². The molecule has 0 saturated heterocycles. The fourth-order valence-corrected chi connectivity index (χ4v) is 3.39. The van der Waals surface area contributed by atoms with E-state index in [0.717, 1.165) is 41.0 Å². The highest BCUT2D eigenvalue weighted by Crippen LogP contribution is 2.31. The lowest BCUT2D eigenvalue weighted by molar-refractivity contribution is 0.0602. The standard InChI is InChI=1S/C22H31N3O2/c1-8-17(9-2)24-18-12-16(6)23-21(19(18)22(26)27-7)25-20-14(4)10-13(3)11-15(20)5/h10-12,17H,8-9H2,1-7H3,(H2,23,24,25). The molecule has 27 heavy (non-hydrogen) atoms. The van der Waals surface area contributed by atoms with Crippen LogP contribution in [0.2, 0.25) is 0 Å². The molecule has 1 heterocycles. The summed E-state index contributed by atoms with van der Waals surface area (Å²) >= 11 is 0. The van der Waals surface area contributed by atoms with Crippen LogP contribution in [0.25, 0.3) is 0 Å². The number of benzene rings is 1. The molecule has 0 bridgehead atoms. The van der Waals surface area contributed by atoms with Crippen molar-refractivity contribution in [1.29, 1.82) is 0 Å². The van der Waals surface area contributed by atoms with Gasteiger partial charge in [-0.3, -0.25) is 0 Å². The molecule has 5 nitrogen and oxygen atoms in total. The molecule has 1 aromatic carbocycles. The van der Waals surface area contributed by atoms with Crippen molar-refractivity contribution in [3.05, 3.63) is 46.1 Å². The maximum atomic E-state index is 12.6. The van der Waals surface area contributed by atoms with Gasteiger partial charge in [0.25, 0.3) is 0 Å². The Morgan fingerprint density at radius 3 is 2.19 bits per heavy atom. The number of esters is 1. The quantitative estimate of drug-likeness (QED) is 0.636. The van der Waals surface area contributed by atoms with E-state index in [9.17, 15) is 4.79 Å². The van der Waals surface area contributed by atoms with E-state index in [0.29, 0.717) is 11.4 Å². The SMILES string of the molecule is CCC(CC)Nc1cc(C)nc(Nc2c(C)cc(C)cc2C)c1C(=O)OC. The summed E-state index contributed by atoms with van der Waals surface area (Å²) in [5.74, 6) is 0.117. The van der Waals surface area contributed by atoms with Crippen molar-refractivity contribution in [3.63, 3.8) is 0 Å². The summed E-state index contributed by atoms with van der Waals surface area (Å²) in [7, 11) is 1.40. The number of aromatic nitrogens is 1.